The maximum absolute atomic E-state index is 11.6. The van der Waals surface area contributed by atoms with Gasteiger partial charge in [-0.3, -0.25) is 4.79 Å². The highest BCUT2D eigenvalue weighted by Gasteiger charge is 2.11. The van der Waals surface area contributed by atoms with E-state index in [-0.39, 0.29) is 5.56 Å². The minimum absolute atomic E-state index is 0.0406. The molecule has 1 atom stereocenters. The number of rotatable bonds is 6. The Morgan fingerprint density at radius 1 is 0.909 bits per heavy atom. The van der Waals surface area contributed by atoms with E-state index in [2.05, 4.69) is 67.4 Å². The predicted octanol–water partition coefficient (Wildman–Crippen LogP) is 5.52. The minimum atomic E-state index is -0.0406. The summed E-state index contributed by atoms with van der Waals surface area (Å²) in [5, 5.41) is 5.78. The van der Waals surface area contributed by atoms with Crippen LogP contribution >= 0.6 is 0 Å². The molecule has 0 bridgehead atoms. The molecule has 1 aromatic heterocycles. The highest BCUT2D eigenvalue weighted by atomic mass is 16.5. The number of hydrogen-bond donors (Lipinski definition) is 0. The molecule has 0 saturated carbocycles. The summed E-state index contributed by atoms with van der Waals surface area (Å²) in [5.41, 5.74) is 3.37. The van der Waals surface area contributed by atoms with Gasteiger partial charge in [-0.1, -0.05) is 67.6 Å². The van der Waals surface area contributed by atoms with Crippen molar-refractivity contribution in [1.29, 1.82) is 0 Å². The second-order valence-corrected chi connectivity index (χ2v) is 8.29. The van der Waals surface area contributed by atoms with E-state index in [1.54, 1.807) is 7.05 Å². The lowest BCUT2D eigenvalue weighted by atomic mass is 10.0. The third-order valence-corrected chi connectivity index (χ3v) is 5.66. The molecule has 4 aromatic rings. The summed E-state index contributed by atoms with van der Waals surface area (Å²) in [6.45, 7) is 4.73. The molecule has 1 heterocycles. The average molecular weight is 444 g/mol. The van der Waals surface area contributed by atoms with Crippen molar-refractivity contribution >= 4 is 10.8 Å². The third kappa shape index (κ3) is 6.30. The first-order chi connectivity index (χ1) is 15.9. The molecule has 0 fully saturated rings. The van der Waals surface area contributed by atoms with E-state index in [9.17, 15) is 4.79 Å². The minimum Gasteiger partial charge on any atom is -0.489 e. The second kappa shape index (κ2) is 11.4. The zero-order chi connectivity index (χ0) is 23.8. The molecule has 0 aliphatic carbocycles. The van der Waals surface area contributed by atoms with Crippen molar-refractivity contribution in [2.75, 3.05) is 14.1 Å². The first-order valence-electron chi connectivity index (χ1n) is 11.3. The van der Waals surface area contributed by atoms with Gasteiger partial charge < -0.3 is 9.64 Å². The van der Waals surface area contributed by atoms with E-state index >= 15 is 0 Å². The van der Waals surface area contributed by atoms with Crippen molar-refractivity contribution < 1.29 is 4.74 Å². The van der Waals surface area contributed by atoms with Gasteiger partial charge in [-0.15, -0.1) is 0 Å². The van der Waals surface area contributed by atoms with E-state index in [0.717, 1.165) is 28.6 Å². The molecule has 4 rings (SSSR count). The van der Waals surface area contributed by atoms with E-state index < -0.39 is 0 Å². The fourth-order valence-electron chi connectivity index (χ4n) is 3.91. The molecular weight excluding hydrogens is 410 g/mol. The maximum Gasteiger partial charge on any atom is 0.274 e. The molecular formula is C28H33N3O2. The predicted molar refractivity (Wildman–Crippen MR) is 136 cm³/mol. The Kier molecular flexibility index (Phi) is 8.39. The molecule has 3 aromatic carbocycles. The number of nitrogens with zero attached hydrogens (tertiary/aromatic N) is 3. The molecule has 0 spiro atoms. The number of aryl methyl sites for hydroxylation is 2. The molecule has 5 heteroatoms. The van der Waals surface area contributed by atoms with E-state index in [0.29, 0.717) is 12.6 Å². The lowest BCUT2D eigenvalue weighted by molar-refractivity contribution is 0.290. The van der Waals surface area contributed by atoms with Crippen LogP contribution in [0.5, 0.6) is 5.75 Å². The van der Waals surface area contributed by atoms with Gasteiger partial charge in [0.25, 0.3) is 5.56 Å². The molecule has 5 nitrogen and oxygen atoms in total. The normalized spacial score (nSPS) is 11.7. The summed E-state index contributed by atoms with van der Waals surface area (Å²) in [4.78, 5) is 13.8. The lowest BCUT2D eigenvalue weighted by Gasteiger charge is -2.23. The Labute approximate surface area is 196 Å². The van der Waals surface area contributed by atoms with E-state index in [1.165, 1.54) is 15.8 Å². The maximum atomic E-state index is 11.6. The van der Waals surface area contributed by atoms with E-state index in [1.807, 2.05) is 49.4 Å². The molecule has 0 radical (unpaired) electrons. The quantitative estimate of drug-likeness (QED) is 0.394. The van der Waals surface area contributed by atoms with Crippen molar-refractivity contribution in [2.24, 2.45) is 7.05 Å². The topological polar surface area (TPSA) is 47.4 Å². The van der Waals surface area contributed by atoms with Crippen LogP contribution in [0.3, 0.4) is 0 Å². The van der Waals surface area contributed by atoms with Gasteiger partial charge in [0.05, 0.1) is 11.1 Å². The monoisotopic (exact) mass is 443 g/mol. The summed E-state index contributed by atoms with van der Waals surface area (Å²) in [6, 6.07) is 26.7. The summed E-state index contributed by atoms with van der Waals surface area (Å²) in [5.74, 6) is 0.922. The lowest BCUT2D eigenvalue weighted by Crippen LogP contribution is -2.20. The van der Waals surface area contributed by atoms with Gasteiger partial charge >= 0.3 is 0 Å². The van der Waals surface area contributed by atoms with Crippen LogP contribution in [0.25, 0.3) is 10.8 Å². The van der Waals surface area contributed by atoms with E-state index in [4.69, 9.17) is 4.74 Å². The fraction of sp³-hybridized carbons (Fsp3) is 0.286. The van der Waals surface area contributed by atoms with Crippen LogP contribution in [0.15, 0.2) is 83.7 Å². The van der Waals surface area contributed by atoms with Crippen molar-refractivity contribution in [2.45, 2.75) is 32.9 Å². The molecule has 0 aliphatic rings. The highest BCUT2D eigenvalue weighted by Crippen LogP contribution is 2.24. The number of aromatic nitrogens is 2. The highest BCUT2D eigenvalue weighted by molar-refractivity contribution is 5.83. The van der Waals surface area contributed by atoms with Crippen LogP contribution in [0, 0.1) is 6.92 Å². The zero-order valence-corrected chi connectivity index (χ0v) is 20.2. The first kappa shape index (κ1) is 24.2. The van der Waals surface area contributed by atoms with Crippen LogP contribution in [-0.4, -0.2) is 28.8 Å². The van der Waals surface area contributed by atoms with Crippen LogP contribution in [0.2, 0.25) is 0 Å². The largest absolute Gasteiger partial charge is 0.489 e. The SMILES string of the molecule is CCC(c1ccc(OCc2ccccc2)cc1)N(C)C.Cc1nn(C)c(=O)c2ccccc12. The zero-order valence-electron chi connectivity index (χ0n) is 20.2. The van der Waals surface area contributed by atoms with Gasteiger partial charge in [-0.2, -0.15) is 5.10 Å². The van der Waals surface area contributed by atoms with Gasteiger partial charge in [0.1, 0.15) is 12.4 Å². The number of hydrogen-bond acceptors (Lipinski definition) is 4. The van der Waals surface area contributed by atoms with Crippen molar-refractivity contribution in [1.82, 2.24) is 14.7 Å². The second-order valence-electron chi connectivity index (χ2n) is 8.29. The van der Waals surface area contributed by atoms with Gasteiger partial charge in [0, 0.05) is 18.5 Å². The van der Waals surface area contributed by atoms with Gasteiger partial charge in [-0.05, 0) is 56.8 Å². The Morgan fingerprint density at radius 2 is 1.52 bits per heavy atom. The smallest absolute Gasteiger partial charge is 0.274 e. The molecule has 0 aliphatic heterocycles. The van der Waals surface area contributed by atoms with Crippen LogP contribution in [0.1, 0.15) is 36.2 Å². The fourth-order valence-corrected chi connectivity index (χ4v) is 3.91. The van der Waals surface area contributed by atoms with Gasteiger partial charge in [0.2, 0.25) is 0 Å². The van der Waals surface area contributed by atoms with Crippen molar-refractivity contribution in [3.8, 4) is 5.75 Å². The molecule has 0 N–H and O–H groups in total. The number of fused-ring (bicyclic) bond motifs is 1. The van der Waals surface area contributed by atoms with Gasteiger partial charge in [0.15, 0.2) is 0 Å². The Bertz CT molecular complexity index is 1220. The summed E-state index contributed by atoms with van der Waals surface area (Å²) in [7, 11) is 5.91. The van der Waals surface area contributed by atoms with Crippen molar-refractivity contribution in [3.05, 3.63) is 106 Å². The van der Waals surface area contributed by atoms with Crippen LogP contribution in [0.4, 0.5) is 0 Å². The summed E-state index contributed by atoms with van der Waals surface area (Å²) in [6.07, 6.45) is 1.11. The first-order valence-corrected chi connectivity index (χ1v) is 11.3. The standard InChI is InChI=1S/C18H23NO.C10H10N2O/c1-4-18(19(2)3)16-10-12-17(13-11-16)20-14-15-8-6-5-7-9-15;1-7-8-5-3-4-6-9(8)10(13)12(2)11-7/h5-13,18H,4,14H2,1-3H3;3-6H,1-2H3. The molecule has 33 heavy (non-hydrogen) atoms. The molecule has 0 amide bonds. The Hall–Kier alpha value is -3.44. The third-order valence-electron chi connectivity index (χ3n) is 5.66. The Balaban J connectivity index is 0.000000203. The summed E-state index contributed by atoms with van der Waals surface area (Å²) < 4.78 is 7.18. The van der Waals surface area contributed by atoms with Crippen LogP contribution in [-0.2, 0) is 13.7 Å². The molecule has 172 valence electrons. The van der Waals surface area contributed by atoms with Crippen molar-refractivity contribution in [3.63, 3.8) is 0 Å². The molecule has 0 saturated heterocycles. The average Bonchev–Trinajstić information content (AvgIpc) is 2.83. The summed E-state index contributed by atoms with van der Waals surface area (Å²) >= 11 is 0. The van der Waals surface area contributed by atoms with Gasteiger partial charge in [-0.25, -0.2) is 4.68 Å². The number of ether oxygens (including phenoxy) is 1. The number of benzene rings is 3. The molecule has 1 unspecified atom stereocenters. The Morgan fingerprint density at radius 3 is 2.12 bits per heavy atom. The van der Waals surface area contributed by atoms with Crippen LogP contribution < -0.4 is 10.3 Å².